The van der Waals surface area contributed by atoms with Crippen molar-refractivity contribution in [1.82, 2.24) is 5.32 Å². The van der Waals surface area contributed by atoms with E-state index >= 15 is 0 Å². The lowest BCUT2D eigenvalue weighted by atomic mass is 10.1. The van der Waals surface area contributed by atoms with Crippen molar-refractivity contribution in [3.8, 4) is 0 Å². The fourth-order valence-corrected chi connectivity index (χ4v) is 1.99. The molecule has 3 nitrogen and oxygen atoms in total. The quantitative estimate of drug-likeness (QED) is 0.297. The van der Waals surface area contributed by atoms with Crippen LogP contribution in [0.1, 0.15) is 39.0 Å². The number of thiocarbonyl (C=S) groups is 1. The fraction of sp³-hybridized carbons (Fsp3) is 0.429. The minimum atomic E-state index is 0. The molecule has 0 saturated heterocycles. The number of amidine groups is 1. The third kappa shape index (κ3) is 8.35. The molecule has 0 aliphatic carbocycles. The van der Waals surface area contributed by atoms with Gasteiger partial charge in [-0.3, -0.25) is 5.41 Å². The maximum absolute atomic E-state index is 7.79. The highest BCUT2D eigenvalue weighted by molar-refractivity contribution is 7.80. The predicted octanol–water partition coefficient (Wildman–Crippen LogP) is 5.00. The SMILES string of the molecule is CCCCCCC(=N)NC(=S)Nc1ccc(Cl)cc1.Cl. The highest BCUT2D eigenvalue weighted by atomic mass is 35.5. The van der Waals surface area contributed by atoms with Gasteiger partial charge in [0.25, 0.3) is 0 Å². The summed E-state index contributed by atoms with van der Waals surface area (Å²) in [7, 11) is 0. The Hall–Kier alpha value is -0.840. The van der Waals surface area contributed by atoms with E-state index in [-0.39, 0.29) is 12.4 Å². The second kappa shape index (κ2) is 10.9. The molecule has 3 N–H and O–H groups in total. The molecule has 0 aromatic heterocycles. The van der Waals surface area contributed by atoms with Crippen LogP contribution < -0.4 is 10.6 Å². The van der Waals surface area contributed by atoms with Gasteiger partial charge in [-0.25, -0.2) is 0 Å². The van der Waals surface area contributed by atoms with Crippen molar-refractivity contribution in [1.29, 1.82) is 5.41 Å². The Morgan fingerprint density at radius 1 is 1.20 bits per heavy atom. The Kier molecular flexibility index (Phi) is 10.4. The fourth-order valence-electron chi connectivity index (χ4n) is 1.62. The molecule has 0 radical (unpaired) electrons. The molecule has 1 rings (SSSR count). The van der Waals surface area contributed by atoms with Gasteiger partial charge in [-0.15, -0.1) is 12.4 Å². The second-order valence-electron chi connectivity index (χ2n) is 4.38. The van der Waals surface area contributed by atoms with Crippen LogP contribution in [-0.2, 0) is 0 Å². The van der Waals surface area contributed by atoms with Crippen LogP contribution in [0.4, 0.5) is 5.69 Å². The first-order valence-corrected chi connectivity index (χ1v) is 7.31. The highest BCUT2D eigenvalue weighted by Gasteiger charge is 2.01. The van der Waals surface area contributed by atoms with Crippen molar-refractivity contribution < 1.29 is 0 Å². The van der Waals surface area contributed by atoms with E-state index < -0.39 is 0 Å². The number of benzene rings is 1. The van der Waals surface area contributed by atoms with E-state index in [1.165, 1.54) is 12.8 Å². The van der Waals surface area contributed by atoms with Gasteiger partial charge in [0.1, 0.15) is 0 Å². The molecule has 0 bridgehead atoms. The van der Waals surface area contributed by atoms with Crippen molar-refractivity contribution in [2.45, 2.75) is 39.0 Å². The molecule has 0 fully saturated rings. The van der Waals surface area contributed by atoms with E-state index in [9.17, 15) is 0 Å². The molecule has 0 amide bonds. The third-order valence-corrected chi connectivity index (χ3v) is 3.10. The van der Waals surface area contributed by atoms with Crippen LogP contribution in [0.3, 0.4) is 0 Å². The maximum atomic E-state index is 7.79. The number of hydrogen-bond acceptors (Lipinski definition) is 2. The van der Waals surface area contributed by atoms with Crippen LogP contribution >= 0.6 is 36.2 Å². The maximum Gasteiger partial charge on any atom is 0.176 e. The van der Waals surface area contributed by atoms with E-state index in [0.29, 0.717) is 16.0 Å². The van der Waals surface area contributed by atoms with Crippen molar-refractivity contribution in [2.24, 2.45) is 0 Å². The molecule has 0 aliphatic rings. The molecule has 6 heteroatoms. The van der Waals surface area contributed by atoms with Crippen LogP contribution in [-0.4, -0.2) is 10.9 Å². The first-order valence-electron chi connectivity index (χ1n) is 6.53. The van der Waals surface area contributed by atoms with Crippen molar-refractivity contribution in [3.05, 3.63) is 29.3 Å². The van der Waals surface area contributed by atoms with Crippen LogP contribution in [0.15, 0.2) is 24.3 Å². The van der Waals surface area contributed by atoms with Gasteiger partial charge in [-0.1, -0.05) is 37.8 Å². The number of rotatable bonds is 6. The van der Waals surface area contributed by atoms with E-state index in [4.69, 9.17) is 29.2 Å². The standard InChI is InChI=1S/C14H20ClN3S.ClH/c1-2-3-4-5-6-13(16)18-14(19)17-12-9-7-11(15)8-10-12;/h7-10H,2-6H2,1H3,(H3,16,17,18,19);1H. The summed E-state index contributed by atoms with van der Waals surface area (Å²) in [6.45, 7) is 2.18. The van der Waals surface area contributed by atoms with Crippen LogP contribution in [0, 0.1) is 5.41 Å². The number of nitrogens with one attached hydrogen (secondary N) is 3. The molecule has 20 heavy (non-hydrogen) atoms. The Morgan fingerprint density at radius 2 is 1.85 bits per heavy atom. The highest BCUT2D eigenvalue weighted by Crippen LogP contribution is 2.13. The lowest BCUT2D eigenvalue weighted by molar-refractivity contribution is 0.679. The average molecular weight is 334 g/mol. The Labute approximate surface area is 137 Å². The minimum Gasteiger partial charge on any atom is -0.332 e. The van der Waals surface area contributed by atoms with Crippen molar-refractivity contribution in [3.63, 3.8) is 0 Å². The number of anilines is 1. The van der Waals surface area contributed by atoms with Crippen LogP contribution in [0.2, 0.25) is 5.02 Å². The molecule has 112 valence electrons. The zero-order chi connectivity index (χ0) is 14.1. The van der Waals surface area contributed by atoms with Crippen LogP contribution in [0.25, 0.3) is 0 Å². The van der Waals surface area contributed by atoms with E-state index in [1.807, 2.05) is 12.1 Å². The molecule has 0 atom stereocenters. The lowest BCUT2D eigenvalue weighted by Crippen LogP contribution is -2.33. The first kappa shape index (κ1) is 19.2. The predicted molar refractivity (Wildman–Crippen MR) is 94.5 cm³/mol. The van der Waals surface area contributed by atoms with E-state index in [1.54, 1.807) is 12.1 Å². The monoisotopic (exact) mass is 333 g/mol. The molecule has 0 heterocycles. The molecule has 0 spiro atoms. The van der Waals surface area contributed by atoms with Crippen LogP contribution in [0.5, 0.6) is 0 Å². The summed E-state index contributed by atoms with van der Waals surface area (Å²) in [5.41, 5.74) is 0.862. The van der Waals surface area contributed by atoms with Gasteiger partial charge in [-0.2, -0.15) is 0 Å². The zero-order valence-electron chi connectivity index (χ0n) is 11.5. The summed E-state index contributed by atoms with van der Waals surface area (Å²) in [6.07, 6.45) is 5.36. The number of hydrogen-bond donors (Lipinski definition) is 3. The summed E-state index contributed by atoms with van der Waals surface area (Å²) >= 11 is 11.0. The second-order valence-corrected chi connectivity index (χ2v) is 5.22. The molecule has 1 aromatic carbocycles. The van der Waals surface area contributed by atoms with Gasteiger partial charge in [0.2, 0.25) is 0 Å². The summed E-state index contributed by atoms with van der Waals surface area (Å²) in [5.74, 6) is 0.461. The molecule has 1 aromatic rings. The van der Waals surface area contributed by atoms with Crippen molar-refractivity contribution in [2.75, 3.05) is 5.32 Å². The first-order chi connectivity index (χ1) is 9.11. The minimum absolute atomic E-state index is 0. The van der Waals surface area contributed by atoms with Gasteiger partial charge >= 0.3 is 0 Å². The van der Waals surface area contributed by atoms with Gasteiger partial charge in [0, 0.05) is 17.1 Å². The molecule has 0 unspecified atom stereocenters. The molecular formula is C14H21Cl2N3S. The largest absolute Gasteiger partial charge is 0.332 e. The number of unbranched alkanes of at least 4 members (excludes halogenated alkanes) is 3. The van der Waals surface area contributed by atoms with Gasteiger partial charge < -0.3 is 10.6 Å². The van der Waals surface area contributed by atoms with E-state index in [0.717, 1.165) is 24.9 Å². The summed E-state index contributed by atoms with van der Waals surface area (Å²) < 4.78 is 0. The Balaban J connectivity index is 0.00000361. The Morgan fingerprint density at radius 3 is 2.45 bits per heavy atom. The molecular weight excluding hydrogens is 313 g/mol. The topological polar surface area (TPSA) is 47.9 Å². The molecule has 0 saturated carbocycles. The molecule has 0 aliphatic heterocycles. The summed E-state index contributed by atoms with van der Waals surface area (Å²) in [5, 5.41) is 14.8. The summed E-state index contributed by atoms with van der Waals surface area (Å²) in [6, 6.07) is 7.29. The van der Waals surface area contributed by atoms with E-state index in [2.05, 4.69) is 17.6 Å². The summed E-state index contributed by atoms with van der Waals surface area (Å²) in [4.78, 5) is 0. The average Bonchev–Trinajstić information content (AvgIpc) is 2.37. The van der Waals surface area contributed by atoms with Crippen molar-refractivity contribution >= 4 is 52.9 Å². The zero-order valence-corrected chi connectivity index (χ0v) is 13.9. The lowest BCUT2D eigenvalue weighted by Gasteiger charge is -2.11. The number of halogens is 2. The Bertz CT molecular complexity index is 421. The third-order valence-electron chi connectivity index (χ3n) is 2.65. The van der Waals surface area contributed by atoms with Gasteiger partial charge in [-0.05, 0) is 42.9 Å². The van der Waals surface area contributed by atoms with Gasteiger partial charge in [0.15, 0.2) is 5.11 Å². The smallest absolute Gasteiger partial charge is 0.176 e. The normalized spacial score (nSPS) is 9.50. The van der Waals surface area contributed by atoms with Gasteiger partial charge in [0.05, 0.1) is 5.84 Å².